The van der Waals surface area contributed by atoms with Gasteiger partial charge in [0.2, 0.25) is 5.91 Å². The summed E-state index contributed by atoms with van der Waals surface area (Å²) in [6.07, 6.45) is 2.13. The van der Waals surface area contributed by atoms with Crippen LogP contribution in [0.1, 0.15) is 55.0 Å². The molecule has 0 spiro atoms. The van der Waals surface area contributed by atoms with Crippen LogP contribution in [0.4, 0.5) is 0 Å². The Labute approximate surface area is 207 Å². The first-order chi connectivity index (χ1) is 17.0. The lowest BCUT2D eigenvalue weighted by Crippen LogP contribution is -2.41. The number of nitrogens with zero attached hydrogens (tertiary/aromatic N) is 5. The number of fused-ring (bicyclic) bond motifs is 1. The molecular formula is C26H27ClN6O2. The lowest BCUT2D eigenvalue weighted by atomic mass is 9.91. The van der Waals surface area contributed by atoms with Gasteiger partial charge < -0.3 is 9.88 Å². The minimum Gasteiger partial charge on any atom is -0.342 e. The molecule has 2 aromatic carbocycles. The molecule has 35 heavy (non-hydrogen) atoms. The van der Waals surface area contributed by atoms with Crippen molar-refractivity contribution in [2.75, 3.05) is 13.1 Å². The van der Waals surface area contributed by atoms with E-state index in [0.29, 0.717) is 42.5 Å². The molecule has 9 heteroatoms. The molecule has 3 heterocycles. The van der Waals surface area contributed by atoms with Gasteiger partial charge in [0.15, 0.2) is 11.2 Å². The summed E-state index contributed by atoms with van der Waals surface area (Å²) >= 11 is 6.38. The van der Waals surface area contributed by atoms with E-state index in [-0.39, 0.29) is 28.8 Å². The maximum absolute atomic E-state index is 13.3. The zero-order valence-electron chi connectivity index (χ0n) is 19.5. The molecule has 0 aliphatic carbocycles. The molecule has 4 aromatic rings. The number of likely N-dealkylation sites (tertiary alicyclic amines) is 1. The van der Waals surface area contributed by atoms with E-state index in [9.17, 15) is 9.59 Å². The first-order valence-corrected chi connectivity index (χ1v) is 12.3. The lowest BCUT2D eigenvalue weighted by molar-refractivity contribution is -0.134. The van der Waals surface area contributed by atoms with E-state index in [1.165, 1.54) is 0 Å². The van der Waals surface area contributed by atoms with Gasteiger partial charge in [-0.1, -0.05) is 72.3 Å². The van der Waals surface area contributed by atoms with Gasteiger partial charge in [0.25, 0.3) is 5.56 Å². The number of hydrogen-bond acceptors (Lipinski definition) is 5. The zero-order valence-corrected chi connectivity index (χ0v) is 20.3. The Balaban J connectivity index is 1.32. The van der Waals surface area contributed by atoms with E-state index in [1.807, 2.05) is 66.4 Å². The second-order valence-corrected chi connectivity index (χ2v) is 9.35. The Hall–Kier alpha value is -3.52. The smallest absolute Gasteiger partial charge is 0.281 e. The average Bonchev–Trinajstić information content (AvgIpc) is 3.29. The van der Waals surface area contributed by atoms with Crippen LogP contribution in [-0.2, 0) is 11.3 Å². The standard InChI is InChI=1S/C26H27ClN6O2/c1-2-19(20-10-6-7-11-21(20)27)26(35)32-14-12-18(13-15-32)23-28-24-22(25(34)29-23)30-31-33(24)16-17-8-4-3-5-9-17/h3-11,18-19H,2,12-16H2,1H3,(H,28,29,34)/t19-/m1/s1. The van der Waals surface area contributed by atoms with Crippen molar-refractivity contribution in [3.63, 3.8) is 0 Å². The molecule has 0 unspecified atom stereocenters. The maximum Gasteiger partial charge on any atom is 0.281 e. The summed E-state index contributed by atoms with van der Waals surface area (Å²) in [5.74, 6) is 0.523. The number of carbonyl (C=O) groups is 1. The fraction of sp³-hybridized carbons (Fsp3) is 0.346. The lowest BCUT2D eigenvalue weighted by Gasteiger charge is -2.34. The van der Waals surface area contributed by atoms with E-state index in [1.54, 1.807) is 4.68 Å². The molecule has 5 rings (SSSR count). The van der Waals surface area contributed by atoms with E-state index < -0.39 is 0 Å². The molecule has 0 radical (unpaired) electrons. The van der Waals surface area contributed by atoms with E-state index in [0.717, 1.165) is 24.0 Å². The predicted octanol–water partition coefficient (Wildman–Crippen LogP) is 4.12. The van der Waals surface area contributed by atoms with E-state index >= 15 is 0 Å². The van der Waals surface area contributed by atoms with Gasteiger partial charge in [0.1, 0.15) is 5.82 Å². The van der Waals surface area contributed by atoms with Crippen molar-refractivity contribution in [1.82, 2.24) is 29.9 Å². The van der Waals surface area contributed by atoms with Gasteiger partial charge in [0, 0.05) is 24.0 Å². The largest absolute Gasteiger partial charge is 0.342 e. The molecule has 0 saturated carbocycles. The molecule has 180 valence electrons. The Kier molecular flexibility index (Phi) is 6.63. The number of carbonyl (C=O) groups excluding carboxylic acids is 1. The van der Waals surface area contributed by atoms with Gasteiger partial charge in [-0.2, -0.15) is 0 Å². The van der Waals surface area contributed by atoms with Crippen LogP contribution in [0.25, 0.3) is 11.2 Å². The van der Waals surface area contributed by atoms with Crippen LogP contribution < -0.4 is 5.56 Å². The molecule has 0 bridgehead atoms. The van der Waals surface area contributed by atoms with Crippen molar-refractivity contribution in [2.24, 2.45) is 0 Å². The van der Waals surface area contributed by atoms with E-state index in [2.05, 4.69) is 15.3 Å². The molecular weight excluding hydrogens is 464 g/mol. The van der Waals surface area contributed by atoms with Crippen LogP contribution in [0.5, 0.6) is 0 Å². The summed E-state index contributed by atoms with van der Waals surface area (Å²) in [6, 6.07) is 17.4. The number of aromatic amines is 1. The third-order valence-electron chi connectivity index (χ3n) is 6.75. The Morgan fingerprint density at radius 2 is 1.83 bits per heavy atom. The summed E-state index contributed by atoms with van der Waals surface area (Å²) in [6.45, 7) is 3.71. The Morgan fingerprint density at radius 3 is 2.54 bits per heavy atom. The Bertz CT molecular complexity index is 1390. The van der Waals surface area contributed by atoms with Crippen LogP contribution in [0.3, 0.4) is 0 Å². The molecule has 1 amide bonds. The number of amides is 1. The first kappa shape index (κ1) is 23.2. The third-order valence-corrected chi connectivity index (χ3v) is 7.09. The monoisotopic (exact) mass is 490 g/mol. The van der Waals surface area contributed by atoms with Crippen molar-refractivity contribution in [3.8, 4) is 0 Å². The fourth-order valence-corrected chi connectivity index (χ4v) is 5.09. The van der Waals surface area contributed by atoms with Crippen molar-refractivity contribution in [1.29, 1.82) is 0 Å². The summed E-state index contributed by atoms with van der Waals surface area (Å²) in [5, 5.41) is 8.83. The topological polar surface area (TPSA) is 96.8 Å². The number of benzene rings is 2. The second kappa shape index (κ2) is 10.00. The van der Waals surface area contributed by atoms with Gasteiger partial charge in [-0.3, -0.25) is 9.59 Å². The highest BCUT2D eigenvalue weighted by Gasteiger charge is 2.31. The molecule has 1 fully saturated rings. The average molecular weight is 491 g/mol. The number of hydrogen-bond donors (Lipinski definition) is 1. The highest BCUT2D eigenvalue weighted by Crippen LogP contribution is 2.32. The summed E-state index contributed by atoms with van der Waals surface area (Å²) < 4.78 is 1.66. The van der Waals surface area contributed by atoms with Crippen molar-refractivity contribution < 1.29 is 4.79 Å². The number of H-pyrrole nitrogens is 1. The van der Waals surface area contributed by atoms with Crippen LogP contribution in [0, 0.1) is 0 Å². The maximum atomic E-state index is 13.3. The van der Waals surface area contributed by atoms with Crippen molar-refractivity contribution in [3.05, 3.63) is 86.9 Å². The molecule has 1 N–H and O–H groups in total. The van der Waals surface area contributed by atoms with Gasteiger partial charge in [-0.05, 0) is 36.5 Å². The highest BCUT2D eigenvalue weighted by molar-refractivity contribution is 6.31. The number of nitrogens with one attached hydrogen (secondary N) is 1. The third kappa shape index (κ3) is 4.71. The van der Waals surface area contributed by atoms with Gasteiger partial charge in [0.05, 0.1) is 12.5 Å². The molecule has 1 saturated heterocycles. The minimum absolute atomic E-state index is 0.0524. The van der Waals surface area contributed by atoms with Gasteiger partial charge >= 0.3 is 0 Å². The number of halogens is 1. The molecule has 1 atom stereocenters. The van der Waals surface area contributed by atoms with Crippen molar-refractivity contribution >= 4 is 28.7 Å². The molecule has 2 aromatic heterocycles. The van der Waals surface area contributed by atoms with Crippen LogP contribution in [-0.4, -0.2) is 48.9 Å². The molecule has 8 nitrogen and oxygen atoms in total. The molecule has 1 aliphatic heterocycles. The molecule has 1 aliphatic rings. The number of piperidine rings is 1. The normalized spacial score (nSPS) is 15.4. The first-order valence-electron chi connectivity index (χ1n) is 12.0. The zero-order chi connectivity index (χ0) is 24.4. The summed E-state index contributed by atoms with van der Waals surface area (Å²) in [7, 11) is 0. The van der Waals surface area contributed by atoms with Gasteiger partial charge in [-0.15, -0.1) is 5.10 Å². The van der Waals surface area contributed by atoms with E-state index in [4.69, 9.17) is 16.6 Å². The second-order valence-electron chi connectivity index (χ2n) is 8.94. The predicted molar refractivity (Wildman–Crippen MR) is 135 cm³/mol. The van der Waals surface area contributed by atoms with Crippen LogP contribution in [0.2, 0.25) is 5.02 Å². The quantitative estimate of drug-likeness (QED) is 0.438. The summed E-state index contributed by atoms with van der Waals surface area (Å²) in [4.78, 5) is 35.6. The number of rotatable bonds is 6. The number of aromatic nitrogens is 5. The minimum atomic E-state index is -0.285. The Morgan fingerprint density at radius 1 is 1.11 bits per heavy atom. The van der Waals surface area contributed by atoms with Crippen molar-refractivity contribution in [2.45, 2.75) is 44.6 Å². The van der Waals surface area contributed by atoms with Crippen LogP contribution >= 0.6 is 11.6 Å². The SMILES string of the molecule is CC[C@@H](C(=O)N1CCC(c2nc3c(nnn3Cc3ccccc3)c(=O)[nH]2)CC1)c1ccccc1Cl. The summed E-state index contributed by atoms with van der Waals surface area (Å²) in [5.41, 5.74) is 2.37. The van der Waals surface area contributed by atoms with Crippen LogP contribution in [0.15, 0.2) is 59.4 Å². The van der Waals surface area contributed by atoms with Gasteiger partial charge in [-0.25, -0.2) is 9.67 Å². The highest BCUT2D eigenvalue weighted by atomic mass is 35.5. The fourth-order valence-electron chi connectivity index (χ4n) is 4.82.